The molecule has 0 aliphatic heterocycles. The Hall–Kier alpha value is -8.75. The molecule has 0 aliphatic carbocycles. The van der Waals surface area contributed by atoms with Gasteiger partial charge in [-0.15, -0.1) is 22.7 Å². The number of hydrogen-bond acceptors (Lipinski definition) is 6. The highest BCUT2D eigenvalue weighted by Gasteiger charge is 2.21. The van der Waals surface area contributed by atoms with Gasteiger partial charge in [0.25, 0.3) is 0 Å². The lowest BCUT2D eigenvalue weighted by atomic mass is 9.94. The molecule has 0 radical (unpaired) electrons. The van der Waals surface area contributed by atoms with Crippen molar-refractivity contribution in [2.45, 2.75) is 0 Å². The molecule has 70 heavy (non-hydrogen) atoms. The van der Waals surface area contributed by atoms with Crippen molar-refractivity contribution in [1.29, 1.82) is 0 Å². The van der Waals surface area contributed by atoms with Gasteiger partial charge in [-0.1, -0.05) is 140 Å². The van der Waals surface area contributed by atoms with Crippen LogP contribution in [0, 0.1) is 0 Å². The maximum atomic E-state index is 6.66. The zero-order valence-electron chi connectivity index (χ0n) is 37.3. The number of rotatable bonds is 6. The van der Waals surface area contributed by atoms with Gasteiger partial charge in [0.1, 0.15) is 11.2 Å². The van der Waals surface area contributed by atoms with Crippen molar-refractivity contribution in [3.63, 3.8) is 0 Å². The molecule has 10 aromatic carbocycles. The van der Waals surface area contributed by atoms with Crippen LogP contribution in [0.4, 0.5) is 0 Å². The van der Waals surface area contributed by atoms with Crippen LogP contribution in [0.25, 0.3) is 146 Å². The fourth-order valence-electron chi connectivity index (χ4n) is 10.6. The Kier molecular flexibility index (Phi) is 8.63. The normalized spacial score (nSPS) is 12.0. The molecule has 5 heterocycles. The Labute approximate surface area is 408 Å². The van der Waals surface area contributed by atoms with E-state index in [2.05, 4.69) is 193 Å². The van der Waals surface area contributed by atoms with E-state index >= 15 is 0 Å². The van der Waals surface area contributed by atoms with Gasteiger partial charge < -0.3 is 8.98 Å². The second-order valence-electron chi connectivity index (χ2n) is 17.9. The van der Waals surface area contributed by atoms with E-state index in [1.807, 2.05) is 41.7 Å². The van der Waals surface area contributed by atoms with E-state index in [4.69, 9.17) is 19.4 Å². The number of hydrogen-bond donors (Lipinski definition) is 0. The Morgan fingerprint density at radius 3 is 1.80 bits per heavy atom. The van der Waals surface area contributed by atoms with Crippen LogP contribution < -0.4 is 0 Å². The highest BCUT2D eigenvalue weighted by molar-refractivity contribution is 7.26. The van der Waals surface area contributed by atoms with Gasteiger partial charge in [-0.25, -0.2) is 15.0 Å². The molecule has 0 atom stereocenters. The van der Waals surface area contributed by atoms with Crippen LogP contribution in [0.1, 0.15) is 0 Å². The fourth-order valence-corrected chi connectivity index (χ4v) is 13.0. The number of furan rings is 1. The summed E-state index contributed by atoms with van der Waals surface area (Å²) in [5.74, 6) is 1.84. The smallest absolute Gasteiger partial charge is 0.164 e. The lowest BCUT2D eigenvalue weighted by Gasteiger charge is -2.11. The molecule has 0 N–H and O–H groups in total. The van der Waals surface area contributed by atoms with E-state index in [0.717, 1.165) is 55.4 Å². The minimum absolute atomic E-state index is 0.594. The number of thiophene rings is 2. The van der Waals surface area contributed by atoms with Gasteiger partial charge in [-0.3, -0.25) is 0 Å². The van der Waals surface area contributed by atoms with E-state index in [1.54, 1.807) is 11.3 Å². The minimum atomic E-state index is 0.594. The van der Waals surface area contributed by atoms with Crippen LogP contribution in [0.2, 0.25) is 0 Å². The summed E-state index contributed by atoms with van der Waals surface area (Å²) in [5.41, 5.74) is 12.5. The molecule has 0 spiro atoms. The number of fused-ring (bicyclic) bond motifs is 12. The fraction of sp³-hybridized carbons (Fsp3) is 0. The predicted octanol–water partition coefficient (Wildman–Crippen LogP) is 17.9. The SMILES string of the molecule is c1ccc(-c2nc(-c3ccc4c(c3)sc3ccccc34)nc(-c3cccc4oc5ccc(-c6cc(-c7ccc8c(c7)c7ccccc7n8-c7ccccc7)c7sc8ccccc8c7c6)cc5c34)n2)cc1. The Balaban J connectivity index is 0.917. The number of nitrogens with zero attached hydrogens (tertiary/aromatic N) is 4. The summed E-state index contributed by atoms with van der Waals surface area (Å²) in [4.78, 5) is 15.6. The van der Waals surface area contributed by atoms with E-state index in [9.17, 15) is 0 Å². The average Bonchev–Trinajstić information content (AvgIpc) is 4.19. The first-order valence-electron chi connectivity index (χ1n) is 23.4. The van der Waals surface area contributed by atoms with Crippen molar-refractivity contribution in [3.05, 3.63) is 218 Å². The van der Waals surface area contributed by atoms with Crippen molar-refractivity contribution in [2.75, 3.05) is 0 Å². The zero-order chi connectivity index (χ0) is 45.9. The molecule has 5 nitrogen and oxygen atoms in total. The van der Waals surface area contributed by atoms with Crippen molar-refractivity contribution >= 4 is 107 Å². The molecule has 0 unspecified atom stereocenters. The third kappa shape index (κ3) is 6.12. The Morgan fingerprint density at radius 1 is 0.329 bits per heavy atom. The maximum absolute atomic E-state index is 6.66. The first-order valence-corrected chi connectivity index (χ1v) is 25.0. The molecule has 15 rings (SSSR count). The Bertz CT molecular complexity index is 4600. The van der Waals surface area contributed by atoms with Crippen LogP contribution in [-0.4, -0.2) is 19.5 Å². The van der Waals surface area contributed by atoms with Gasteiger partial charge in [0.2, 0.25) is 0 Å². The second-order valence-corrected chi connectivity index (χ2v) is 20.0. The summed E-state index contributed by atoms with van der Waals surface area (Å²) < 4.78 is 14.1. The molecule has 0 aliphatic rings. The van der Waals surface area contributed by atoms with E-state index < -0.39 is 0 Å². The molecule has 7 heteroatoms. The lowest BCUT2D eigenvalue weighted by Crippen LogP contribution is -2.00. The van der Waals surface area contributed by atoms with E-state index in [1.165, 1.54) is 73.3 Å². The maximum Gasteiger partial charge on any atom is 0.164 e. The van der Waals surface area contributed by atoms with Gasteiger partial charge in [0.15, 0.2) is 17.5 Å². The summed E-state index contributed by atoms with van der Waals surface area (Å²) in [6.45, 7) is 0. The first-order chi connectivity index (χ1) is 34.7. The number of para-hydroxylation sites is 2. The monoisotopic (exact) mass is 928 g/mol. The summed E-state index contributed by atoms with van der Waals surface area (Å²) >= 11 is 3.66. The molecule has 0 saturated carbocycles. The van der Waals surface area contributed by atoms with Gasteiger partial charge >= 0.3 is 0 Å². The number of benzene rings is 10. The highest BCUT2D eigenvalue weighted by atomic mass is 32.1. The van der Waals surface area contributed by atoms with E-state index in [0.29, 0.717) is 17.5 Å². The summed E-state index contributed by atoms with van der Waals surface area (Å²) in [6, 6.07) is 78.0. The van der Waals surface area contributed by atoms with Crippen molar-refractivity contribution < 1.29 is 4.42 Å². The molecule has 5 aromatic heterocycles. The molecule has 0 bridgehead atoms. The minimum Gasteiger partial charge on any atom is -0.456 e. The third-order valence-corrected chi connectivity index (χ3v) is 16.2. The largest absolute Gasteiger partial charge is 0.456 e. The topological polar surface area (TPSA) is 56.7 Å². The molecule has 326 valence electrons. The molecular formula is C63H36N4OS2. The molecule has 0 saturated heterocycles. The first kappa shape index (κ1) is 39.3. The van der Waals surface area contributed by atoms with Gasteiger partial charge in [0, 0.05) is 89.8 Å². The lowest BCUT2D eigenvalue weighted by molar-refractivity contribution is 0.669. The van der Waals surface area contributed by atoms with Crippen molar-refractivity contribution in [2.24, 2.45) is 0 Å². The standard InChI is InChI=1S/C63H36N4OS2/c1-3-14-37(15-4-1)61-64-62(40-26-29-46-44-19-8-11-24-56(44)69-58(46)36-40)66-63(65-61)47-21-13-23-55-59(47)51-32-38(28-31-54(51)68-55)41-34-48(60-50(35-41)45-20-9-12-25-57(45)70-60)39-27-30-53-49(33-39)43-18-7-10-22-52(43)67(53)42-16-5-2-6-17-42/h1-36H. The molecule has 0 amide bonds. The summed E-state index contributed by atoms with van der Waals surface area (Å²) in [7, 11) is 0. The van der Waals surface area contributed by atoms with Crippen molar-refractivity contribution in [3.8, 4) is 62.1 Å². The number of aromatic nitrogens is 4. The van der Waals surface area contributed by atoms with Gasteiger partial charge in [-0.05, 0) is 95.6 Å². The quantitative estimate of drug-likeness (QED) is 0.167. The second kappa shape index (κ2) is 15.4. The molecule has 0 fully saturated rings. The van der Waals surface area contributed by atoms with Crippen LogP contribution in [0.5, 0.6) is 0 Å². The highest BCUT2D eigenvalue weighted by Crippen LogP contribution is 2.46. The van der Waals surface area contributed by atoms with Gasteiger partial charge in [-0.2, -0.15) is 0 Å². The third-order valence-electron chi connectivity index (χ3n) is 13.8. The predicted molar refractivity (Wildman–Crippen MR) is 294 cm³/mol. The van der Waals surface area contributed by atoms with E-state index in [-0.39, 0.29) is 0 Å². The summed E-state index contributed by atoms with van der Waals surface area (Å²) in [5, 5.41) is 9.44. The van der Waals surface area contributed by atoms with Crippen LogP contribution >= 0.6 is 22.7 Å². The van der Waals surface area contributed by atoms with Crippen LogP contribution in [0.3, 0.4) is 0 Å². The van der Waals surface area contributed by atoms with Crippen LogP contribution in [0.15, 0.2) is 223 Å². The molecular weight excluding hydrogens is 893 g/mol. The molecule has 15 aromatic rings. The zero-order valence-corrected chi connectivity index (χ0v) is 38.9. The van der Waals surface area contributed by atoms with Crippen LogP contribution in [-0.2, 0) is 0 Å². The Morgan fingerprint density at radius 2 is 0.957 bits per heavy atom. The van der Waals surface area contributed by atoms with Crippen molar-refractivity contribution in [1.82, 2.24) is 19.5 Å². The summed E-state index contributed by atoms with van der Waals surface area (Å²) in [6.07, 6.45) is 0. The average molecular weight is 929 g/mol. The van der Waals surface area contributed by atoms with Gasteiger partial charge in [0.05, 0.1) is 11.0 Å².